The van der Waals surface area contributed by atoms with Gasteiger partial charge in [0.25, 0.3) is 11.5 Å². The lowest BCUT2D eigenvalue weighted by Crippen LogP contribution is -2.32. The minimum absolute atomic E-state index is 0.0813. The first-order valence-corrected chi connectivity index (χ1v) is 9.45. The molecule has 140 valence electrons. The number of rotatable bonds is 7. The molecule has 7 heteroatoms. The molecule has 1 aromatic carbocycles. The van der Waals surface area contributed by atoms with Gasteiger partial charge in [0.15, 0.2) is 0 Å². The summed E-state index contributed by atoms with van der Waals surface area (Å²) in [6.45, 7) is 0.971. The highest BCUT2D eigenvalue weighted by Crippen LogP contribution is 2.21. The van der Waals surface area contributed by atoms with Gasteiger partial charge < -0.3 is 15.2 Å². The number of para-hydroxylation sites is 1. The van der Waals surface area contributed by atoms with E-state index < -0.39 is 11.5 Å². The maximum Gasteiger partial charge on any atom is 0.261 e. The number of halogens is 1. The van der Waals surface area contributed by atoms with Gasteiger partial charge in [-0.15, -0.1) is 11.3 Å². The topological polar surface area (TPSA) is 65.2 Å². The molecular formula is C20H20FN3O2S. The third-order valence-corrected chi connectivity index (χ3v) is 5.06. The second-order valence-electron chi connectivity index (χ2n) is 6.07. The lowest BCUT2D eigenvalue weighted by atomic mass is 10.2. The van der Waals surface area contributed by atoms with Crippen molar-refractivity contribution >= 4 is 22.9 Å². The fraction of sp³-hybridized carbons (Fsp3) is 0.200. The number of H-pyrrole nitrogens is 1. The molecule has 0 spiro atoms. The van der Waals surface area contributed by atoms with Gasteiger partial charge in [0.05, 0.1) is 16.3 Å². The molecule has 0 aliphatic heterocycles. The Morgan fingerprint density at radius 2 is 2.00 bits per heavy atom. The van der Waals surface area contributed by atoms with Crippen LogP contribution < -0.4 is 15.8 Å². The number of aromatic amines is 1. The van der Waals surface area contributed by atoms with E-state index in [0.29, 0.717) is 30.9 Å². The van der Waals surface area contributed by atoms with E-state index in [-0.39, 0.29) is 11.4 Å². The van der Waals surface area contributed by atoms with E-state index in [2.05, 4.69) is 10.3 Å². The quantitative estimate of drug-likeness (QED) is 0.612. The minimum atomic E-state index is -0.415. The van der Waals surface area contributed by atoms with Crippen LogP contribution in [0.15, 0.2) is 58.7 Å². The summed E-state index contributed by atoms with van der Waals surface area (Å²) in [6, 6.07) is 13.6. The third-order valence-electron chi connectivity index (χ3n) is 4.16. The number of thiophene rings is 1. The molecule has 0 aliphatic carbocycles. The number of carbonyl (C=O) groups is 1. The van der Waals surface area contributed by atoms with E-state index in [1.807, 2.05) is 17.5 Å². The minimum Gasteiger partial charge on any atom is -0.372 e. The summed E-state index contributed by atoms with van der Waals surface area (Å²) < 4.78 is 13.7. The number of hydrogen-bond acceptors (Lipinski definition) is 4. The van der Waals surface area contributed by atoms with Crippen LogP contribution in [0.4, 0.5) is 10.1 Å². The molecule has 2 heterocycles. The Morgan fingerprint density at radius 3 is 2.70 bits per heavy atom. The average Bonchev–Trinajstić information content (AvgIpc) is 3.20. The molecule has 1 amide bonds. The Labute approximate surface area is 160 Å². The summed E-state index contributed by atoms with van der Waals surface area (Å²) in [5, 5.41) is 4.66. The van der Waals surface area contributed by atoms with E-state index >= 15 is 0 Å². The standard InChI is InChI=1S/C20H20FN3O2S/c1-24(17-7-3-2-6-15(17)21)12-5-11-22-19(25)14-9-10-16(23-20(14)26)18-8-4-13-27-18/h2-4,6-10,13H,5,11-12H2,1H3,(H,22,25)(H,23,26). The van der Waals surface area contributed by atoms with Crippen LogP contribution in [-0.2, 0) is 0 Å². The largest absolute Gasteiger partial charge is 0.372 e. The summed E-state index contributed by atoms with van der Waals surface area (Å²) in [5.41, 5.74) is 0.877. The molecule has 2 N–H and O–H groups in total. The number of amides is 1. The Morgan fingerprint density at radius 1 is 1.19 bits per heavy atom. The Bertz CT molecular complexity index is 969. The molecule has 0 fully saturated rings. The van der Waals surface area contributed by atoms with Gasteiger partial charge in [-0.05, 0) is 42.1 Å². The lowest BCUT2D eigenvalue weighted by Gasteiger charge is -2.19. The number of benzene rings is 1. The van der Waals surface area contributed by atoms with Crippen molar-refractivity contribution < 1.29 is 9.18 Å². The first kappa shape index (κ1) is 18.8. The zero-order chi connectivity index (χ0) is 19.2. The molecule has 0 aliphatic rings. The van der Waals surface area contributed by atoms with E-state index in [9.17, 15) is 14.0 Å². The number of carbonyl (C=O) groups excluding carboxylic acids is 1. The molecule has 0 bridgehead atoms. The van der Waals surface area contributed by atoms with Crippen LogP contribution in [0, 0.1) is 5.82 Å². The normalized spacial score (nSPS) is 10.6. The van der Waals surface area contributed by atoms with Crippen LogP contribution in [0.25, 0.3) is 10.6 Å². The van der Waals surface area contributed by atoms with Crippen molar-refractivity contribution in [2.24, 2.45) is 0 Å². The Balaban J connectivity index is 1.52. The van der Waals surface area contributed by atoms with E-state index in [4.69, 9.17) is 0 Å². The summed E-state index contributed by atoms with van der Waals surface area (Å²) in [4.78, 5) is 29.9. The first-order valence-electron chi connectivity index (χ1n) is 8.57. The predicted molar refractivity (Wildman–Crippen MR) is 107 cm³/mol. The predicted octanol–water partition coefficient (Wildman–Crippen LogP) is 3.50. The molecule has 5 nitrogen and oxygen atoms in total. The zero-order valence-electron chi connectivity index (χ0n) is 14.9. The zero-order valence-corrected chi connectivity index (χ0v) is 15.7. The van der Waals surface area contributed by atoms with E-state index in [1.54, 1.807) is 36.2 Å². The molecule has 3 rings (SSSR count). The van der Waals surface area contributed by atoms with Crippen molar-refractivity contribution in [2.75, 3.05) is 25.0 Å². The Kier molecular flexibility index (Phi) is 6.03. The smallest absolute Gasteiger partial charge is 0.261 e. The van der Waals surface area contributed by atoms with Crippen LogP contribution in [0.1, 0.15) is 16.8 Å². The maximum absolute atomic E-state index is 13.7. The van der Waals surface area contributed by atoms with Gasteiger partial charge >= 0.3 is 0 Å². The van der Waals surface area contributed by atoms with Crippen molar-refractivity contribution in [3.63, 3.8) is 0 Å². The summed E-state index contributed by atoms with van der Waals surface area (Å²) >= 11 is 1.52. The summed E-state index contributed by atoms with van der Waals surface area (Å²) in [7, 11) is 1.80. The van der Waals surface area contributed by atoms with Gasteiger partial charge in [-0.25, -0.2) is 4.39 Å². The Hall–Kier alpha value is -2.93. The molecule has 0 saturated heterocycles. The maximum atomic E-state index is 13.7. The second kappa shape index (κ2) is 8.64. The van der Waals surface area contributed by atoms with Crippen LogP contribution in [0.3, 0.4) is 0 Å². The highest BCUT2D eigenvalue weighted by molar-refractivity contribution is 7.13. The van der Waals surface area contributed by atoms with Gasteiger partial charge in [-0.1, -0.05) is 18.2 Å². The third kappa shape index (κ3) is 4.62. The molecule has 0 radical (unpaired) electrons. The molecule has 2 aromatic heterocycles. The van der Waals surface area contributed by atoms with Crippen molar-refractivity contribution in [1.29, 1.82) is 0 Å². The SMILES string of the molecule is CN(CCCNC(=O)c1ccc(-c2cccs2)[nH]c1=O)c1ccccc1F. The number of anilines is 1. The molecule has 0 atom stereocenters. The van der Waals surface area contributed by atoms with Crippen LogP contribution in [-0.4, -0.2) is 31.0 Å². The summed E-state index contributed by atoms with van der Waals surface area (Å²) in [6.07, 6.45) is 0.627. The van der Waals surface area contributed by atoms with Crippen LogP contribution >= 0.6 is 11.3 Å². The van der Waals surface area contributed by atoms with Crippen LogP contribution in [0.2, 0.25) is 0 Å². The van der Waals surface area contributed by atoms with Crippen molar-refractivity contribution in [3.05, 3.63) is 75.6 Å². The van der Waals surface area contributed by atoms with Crippen molar-refractivity contribution in [3.8, 4) is 10.6 Å². The number of pyridine rings is 1. The van der Waals surface area contributed by atoms with Crippen molar-refractivity contribution in [2.45, 2.75) is 6.42 Å². The molecule has 0 unspecified atom stereocenters. The molecular weight excluding hydrogens is 365 g/mol. The van der Waals surface area contributed by atoms with E-state index in [0.717, 1.165) is 4.88 Å². The highest BCUT2D eigenvalue weighted by atomic mass is 32.1. The van der Waals surface area contributed by atoms with Gasteiger partial charge in [-0.2, -0.15) is 0 Å². The van der Waals surface area contributed by atoms with Gasteiger partial charge in [0.1, 0.15) is 11.4 Å². The number of aromatic nitrogens is 1. The summed E-state index contributed by atoms with van der Waals surface area (Å²) in [5.74, 6) is -0.691. The molecule has 0 saturated carbocycles. The van der Waals surface area contributed by atoms with Crippen LogP contribution in [0.5, 0.6) is 0 Å². The fourth-order valence-electron chi connectivity index (χ4n) is 2.72. The van der Waals surface area contributed by atoms with Gasteiger partial charge in [0.2, 0.25) is 0 Å². The average molecular weight is 385 g/mol. The second-order valence-corrected chi connectivity index (χ2v) is 7.02. The van der Waals surface area contributed by atoms with E-state index in [1.165, 1.54) is 23.5 Å². The van der Waals surface area contributed by atoms with Gasteiger partial charge in [-0.3, -0.25) is 9.59 Å². The molecule has 27 heavy (non-hydrogen) atoms. The highest BCUT2D eigenvalue weighted by Gasteiger charge is 2.12. The number of nitrogens with one attached hydrogen (secondary N) is 2. The first-order chi connectivity index (χ1) is 13.1. The van der Waals surface area contributed by atoms with Gasteiger partial charge in [0, 0.05) is 20.1 Å². The fourth-order valence-corrected chi connectivity index (χ4v) is 3.43. The number of nitrogens with zero attached hydrogens (tertiary/aromatic N) is 1. The van der Waals surface area contributed by atoms with Crippen molar-refractivity contribution in [1.82, 2.24) is 10.3 Å². The lowest BCUT2D eigenvalue weighted by molar-refractivity contribution is 0.0952. The number of hydrogen-bond donors (Lipinski definition) is 2. The molecule has 3 aromatic rings. The monoisotopic (exact) mass is 385 g/mol.